The second-order valence-electron chi connectivity index (χ2n) is 7.29. The molecule has 4 rings (SSSR count). The summed E-state index contributed by atoms with van der Waals surface area (Å²) in [5, 5.41) is 0. The molecule has 2 N–H and O–H groups in total. The molecule has 3 nitrogen and oxygen atoms in total. The molecule has 2 aromatic carbocycles. The van der Waals surface area contributed by atoms with Gasteiger partial charge in [0.1, 0.15) is 5.82 Å². The van der Waals surface area contributed by atoms with Crippen molar-refractivity contribution in [3.05, 3.63) is 65.0 Å². The van der Waals surface area contributed by atoms with E-state index in [1.54, 1.807) is 12.1 Å². The number of amides is 1. The molecule has 0 bridgehead atoms. The van der Waals surface area contributed by atoms with Crippen molar-refractivity contribution in [1.82, 2.24) is 0 Å². The number of hydrogen-bond acceptors (Lipinski definition) is 2. The number of carbonyl (C=O) groups is 1. The van der Waals surface area contributed by atoms with E-state index in [9.17, 15) is 9.18 Å². The Balaban J connectivity index is 1.71. The summed E-state index contributed by atoms with van der Waals surface area (Å²) < 4.78 is 13.8. The van der Waals surface area contributed by atoms with E-state index in [4.69, 9.17) is 5.73 Å². The van der Waals surface area contributed by atoms with Crippen LogP contribution >= 0.6 is 0 Å². The van der Waals surface area contributed by atoms with E-state index >= 15 is 0 Å². The van der Waals surface area contributed by atoms with Crippen LogP contribution in [0.5, 0.6) is 0 Å². The third-order valence-corrected chi connectivity index (χ3v) is 5.71. The van der Waals surface area contributed by atoms with E-state index < -0.39 is 5.41 Å². The van der Waals surface area contributed by atoms with Crippen LogP contribution in [0.3, 0.4) is 0 Å². The van der Waals surface area contributed by atoms with Crippen molar-refractivity contribution >= 4 is 11.6 Å². The van der Waals surface area contributed by atoms with Crippen molar-refractivity contribution in [2.24, 2.45) is 5.73 Å². The quantitative estimate of drug-likeness (QED) is 0.925. The van der Waals surface area contributed by atoms with Crippen molar-refractivity contribution in [3.8, 4) is 0 Å². The summed E-state index contributed by atoms with van der Waals surface area (Å²) in [6, 6.07) is 12.9. The topological polar surface area (TPSA) is 46.3 Å². The minimum Gasteiger partial charge on any atom is -0.330 e. The highest BCUT2D eigenvalue weighted by Gasteiger charge is 2.55. The lowest BCUT2D eigenvalue weighted by atomic mass is 9.90. The molecule has 1 aliphatic carbocycles. The van der Waals surface area contributed by atoms with Crippen LogP contribution in [0.15, 0.2) is 42.5 Å². The summed E-state index contributed by atoms with van der Waals surface area (Å²) >= 11 is 0. The van der Waals surface area contributed by atoms with E-state index in [2.05, 4.69) is 6.07 Å². The number of halogens is 1. The normalized spacial score (nSPS) is 20.4. The zero-order chi connectivity index (χ0) is 17.6. The fourth-order valence-corrected chi connectivity index (χ4v) is 4.23. The lowest BCUT2D eigenvalue weighted by Crippen LogP contribution is -2.39. The van der Waals surface area contributed by atoms with Gasteiger partial charge in [-0.25, -0.2) is 4.39 Å². The van der Waals surface area contributed by atoms with Gasteiger partial charge in [0.2, 0.25) is 5.91 Å². The van der Waals surface area contributed by atoms with Gasteiger partial charge in [0, 0.05) is 18.2 Å². The molecule has 25 heavy (non-hydrogen) atoms. The maximum absolute atomic E-state index is 13.8. The first-order valence-corrected chi connectivity index (χ1v) is 8.94. The molecule has 2 aromatic rings. The third-order valence-electron chi connectivity index (χ3n) is 5.71. The highest BCUT2D eigenvalue weighted by atomic mass is 19.1. The van der Waals surface area contributed by atoms with Crippen molar-refractivity contribution in [1.29, 1.82) is 0 Å². The second kappa shape index (κ2) is 5.95. The summed E-state index contributed by atoms with van der Waals surface area (Å²) in [7, 11) is 0. The van der Waals surface area contributed by atoms with Crippen LogP contribution in [0.4, 0.5) is 10.1 Å². The Kier molecular flexibility index (Phi) is 3.88. The summed E-state index contributed by atoms with van der Waals surface area (Å²) in [6.07, 6.45) is 2.44. The molecule has 0 spiro atoms. The molecule has 1 amide bonds. The highest BCUT2D eigenvalue weighted by Crippen LogP contribution is 2.53. The molecule has 1 saturated carbocycles. The van der Waals surface area contributed by atoms with Crippen molar-refractivity contribution in [3.63, 3.8) is 0 Å². The predicted octanol–water partition coefficient (Wildman–Crippen LogP) is 3.64. The van der Waals surface area contributed by atoms with Crippen molar-refractivity contribution in [2.75, 3.05) is 18.0 Å². The Hall–Kier alpha value is -2.20. The second-order valence-corrected chi connectivity index (χ2v) is 7.29. The summed E-state index contributed by atoms with van der Waals surface area (Å²) in [5.74, 6) is 0.116. The third kappa shape index (κ3) is 2.56. The number of carbonyl (C=O) groups excluding carboxylic acids is 1. The van der Waals surface area contributed by atoms with Crippen LogP contribution in [0, 0.1) is 12.7 Å². The van der Waals surface area contributed by atoms with Gasteiger partial charge in [0.15, 0.2) is 0 Å². The number of aryl methyl sites for hydroxylation is 1. The number of fused-ring (bicyclic) bond motifs is 1. The van der Waals surface area contributed by atoms with Gasteiger partial charge < -0.3 is 10.6 Å². The Morgan fingerprint density at radius 1 is 1.28 bits per heavy atom. The van der Waals surface area contributed by atoms with E-state index in [0.717, 1.165) is 36.1 Å². The predicted molar refractivity (Wildman–Crippen MR) is 97.3 cm³/mol. The molecule has 1 heterocycles. The van der Waals surface area contributed by atoms with Crippen molar-refractivity contribution in [2.45, 2.75) is 37.5 Å². The van der Waals surface area contributed by atoms with E-state index in [0.29, 0.717) is 13.1 Å². The van der Waals surface area contributed by atoms with Crippen LogP contribution in [-0.2, 0) is 10.2 Å². The zero-order valence-electron chi connectivity index (χ0n) is 14.5. The van der Waals surface area contributed by atoms with Gasteiger partial charge in [-0.2, -0.15) is 0 Å². The molecule has 1 atom stereocenters. The molecule has 0 radical (unpaired) electrons. The molecular formula is C21H23FN2O. The van der Waals surface area contributed by atoms with E-state index in [1.807, 2.05) is 30.0 Å². The average molecular weight is 338 g/mol. The smallest absolute Gasteiger partial charge is 0.237 e. The van der Waals surface area contributed by atoms with Crippen LogP contribution in [0.1, 0.15) is 41.9 Å². The fraction of sp³-hybridized carbons (Fsp3) is 0.381. The Morgan fingerprint density at radius 3 is 2.76 bits per heavy atom. The molecule has 2 aliphatic rings. The lowest BCUT2D eigenvalue weighted by molar-refractivity contribution is -0.121. The first kappa shape index (κ1) is 16.3. The van der Waals surface area contributed by atoms with Gasteiger partial charge in [-0.1, -0.05) is 24.3 Å². The average Bonchev–Trinajstić information content (AvgIpc) is 3.35. The number of nitrogens with two attached hydrogens (primary N) is 1. The SMILES string of the molecule is Cc1ccc(F)cc1C1(C(=O)N2CC(CCN)c3ccccc32)CC1. The molecule has 4 heteroatoms. The van der Waals surface area contributed by atoms with Crippen LogP contribution in [0.25, 0.3) is 0 Å². The van der Waals surface area contributed by atoms with Gasteiger partial charge in [-0.15, -0.1) is 0 Å². The number of rotatable bonds is 4. The first-order chi connectivity index (χ1) is 12.1. The Morgan fingerprint density at radius 2 is 2.04 bits per heavy atom. The molecule has 0 saturated heterocycles. The van der Waals surface area contributed by atoms with Crippen LogP contribution in [0.2, 0.25) is 0 Å². The molecule has 1 fully saturated rings. The number of nitrogens with zero attached hydrogens (tertiary/aromatic N) is 1. The number of anilines is 1. The zero-order valence-corrected chi connectivity index (χ0v) is 14.5. The van der Waals surface area contributed by atoms with Crippen LogP contribution in [-0.4, -0.2) is 19.0 Å². The Bertz CT molecular complexity index is 828. The van der Waals surface area contributed by atoms with Gasteiger partial charge in [-0.05, 0) is 67.6 Å². The first-order valence-electron chi connectivity index (χ1n) is 8.94. The van der Waals surface area contributed by atoms with E-state index in [-0.39, 0.29) is 17.6 Å². The Labute approximate surface area is 147 Å². The van der Waals surface area contributed by atoms with Gasteiger partial charge in [-0.3, -0.25) is 4.79 Å². The summed E-state index contributed by atoms with van der Waals surface area (Å²) in [4.78, 5) is 15.4. The lowest BCUT2D eigenvalue weighted by Gasteiger charge is -2.25. The van der Waals surface area contributed by atoms with Crippen LogP contribution < -0.4 is 10.6 Å². The van der Waals surface area contributed by atoms with Gasteiger partial charge >= 0.3 is 0 Å². The number of hydrogen-bond donors (Lipinski definition) is 1. The van der Waals surface area contributed by atoms with E-state index in [1.165, 1.54) is 11.6 Å². The van der Waals surface area contributed by atoms with Gasteiger partial charge in [0.05, 0.1) is 5.41 Å². The standard InChI is InChI=1S/C21H23FN2O/c1-14-6-7-16(22)12-18(14)21(9-10-21)20(25)24-13-15(8-11-23)17-4-2-3-5-19(17)24/h2-7,12,15H,8-11,13,23H2,1H3. The maximum Gasteiger partial charge on any atom is 0.237 e. The minimum absolute atomic E-state index is 0.105. The van der Waals surface area contributed by atoms with Crippen molar-refractivity contribution < 1.29 is 9.18 Å². The summed E-state index contributed by atoms with van der Waals surface area (Å²) in [5.41, 5.74) is 9.23. The number of benzene rings is 2. The summed E-state index contributed by atoms with van der Waals surface area (Å²) in [6.45, 7) is 3.23. The minimum atomic E-state index is -0.559. The highest BCUT2D eigenvalue weighted by molar-refractivity contribution is 6.05. The van der Waals surface area contributed by atoms with Gasteiger partial charge in [0.25, 0.3) is 0 Å². The molecule has 0 aromatic heterocycles. The maximum atomic E-state index is 13.8. The monoisotopic (exact) mass is 338 g/mol. The molecule has 1 unspecified atom stereocenters. The fourth-order valence-electron chi connectivity index (χ4n) is 4.23. The molecule has 130 valence electrons. The largest absolute Gasteiger partial charge is 0.330 e. The molecular weight excluding hydrogens is 315 g/mol. The number of para-hydroxylation sites is 1. The molecule has 1 aliphatic heterocycles.